The Labute approximate surface area is 119 Å². The minimum absolute atomic E-state index is 0.0301. The predicted octanol–water partition coefficient (Wildman–Crippen LogP) is 2.17. The van der Waals surface area contributed by atoms with Crippen LogP contribution in [0.15, 0.2) is 0 Å². The molecule has 0 heterocycles. The molecular weight excluding hydrogens is 296 g/mol. The summed E-state index contributed by atoms with van der Waals surface area (Å²) >= 11 is 3.33. The smallest absolute Gasteiger partial charge is 0.244 e. The third kappa shape index (κ3) is 7.69. The monoisotopic (exact) mass is 320 g/mol. The molecule has 0 radical (unpaired) electrons. The van der Waals surface area contributed by atoms with Crippen molar-refractivity contribution in [1.82, 2.24) is 10.2 Å². The molecule has 4 nitrogen and oxygen atoms in total. The molecule has 0 aromatic rings. The molecule has 1 N–H and O–H groups in total. The Morgan fingerprint density at radius 3 is 2.28 bits per heavy atom. The van der Waals surface area contributed by atoms with E-state index in [0.717, 1.165) is 18.2 Å². The number of alkyl halides is 1. The lowest BCUT2D eigenvalue weighted by atomic mass is 10.0. The van der Waals surface area contributed by atoms with Crippen LogP contribution in [0.5, 0.6) is 0 Å². The van der Waals surface area contributed by atoms with Gasteiger partial charge in [0, 0.05) is 25.8 Å². The average Bonchev–Trinajstić information content (AvgIpc) is 2.26. The molecule has 0 fully saturated rings. The van der Waals surface area contributed by atoms with Gasteiger partial charge < -0.3 is 10.2 Å². The standard InChI is InChI=1S/C13H25BrN2O2/c1-10(2)9-11(13(18)16(3)4)15-12(17)7-5-6-8-14/h10-11H,5-9H2,1-4H3,(H,15,17). The van der Waals surface area contributed by atoms with Crippen molar-refractivity contribution in [2.75, 3.05) is 19.4 Å². The van der Waals surface area contributed by atoms with Crippen LogP contribution in [-0.2, 0) is 9.59 Å². The number of carbonyl (C=O) groups excluding carboxylic acids is 2. The number of amides is 2. The van der Waals surface area contributed by atoms with E-state index in [1.165, 1.54) is 4.90 Å². The molecule has 2 amide bonds. The number of likely N-dealkylation sites (N-methyl/N-ethyl adjacent to an activating group) is 1. The topological polar surface area (TPSA) is 49.4 Å². The van der Waals surface area contributed by atoms with Gasteiger partial charge in [-0.2, -0.15) is 0 Å². The highest BCUT2D eigenvalue weighted by atomic mass is 79.9. The van der Waals surface area contributed by atoms with Crippen molar-refractivity contribution < 1.29 is 9.59 Å². The molecule has 1 atom stereocenters. The second-order valence-electron chi connectivity index (χ2n) is 5.13. The summed E-state index contributed by atoms with van der Waals surface area (Å²) in [6.45, 7) is 4.10. The van der Waals surface area contributed by atoms with Gasteiger partial charge in [-0.3, -0.25) is 9.59 Å². The van der Waals surface area contributed by atoms with Crippen molar-refractivity contribution in [3.8, 4) is 0 Å². The maximum absolute atomic E-state index is 11.9. The third-order valence-corrected chi connectivity index (χ3v) is 3.13. The van der Waals surface area contributed by atoms with E-state index in [-0.39, 0.29) is 11.8 Å². The number of rotatable bonds is 8. The number of hydrogen-bond donors (Lipinski definition) is 1. The van der Waals surface area contributed by atoms with Gasteiger partial charge in [0.1, 0.15) is 6.04 Å². The van der Waals surface area contributed by atoms with Crippen LogP contribution in [-0.4, -0.2) is 42.2 Å². The first kappa shape index (κ1) is 17.4. The molecule has 0 saturated heterocycles. The molecule has 0 spiro atoms. The van der Waals surface area contributed by atoms with Gasteiger partial charge in [-0.1, -0.05) is 29.8 Å². The summed E-state index contributed by atoms with van der Waals surface area (Å²) in [4.78, 5) is 25.2. The van der Waals surface area contributed by atoms with Gasteiger partial charge in [0.25, 0.3) is 0 Å². The molecule has 0 bridgehead atoms. The highest BCUT2D eigenvalue weighted by molar-refractivity contribution is 9.09. The van der Waals surface area contributed by atoms with Gasteiger partial charge >= 0.3 is 0 Å². The Balaban J connectivity index is 4.31. The van der Waals surface area contributed by atoms with Crippen LogP contribution in [0.25, 0.3) is 0 Å². The number of nitrogens with zero attached hydrogens (tertiary/aromatic N) is 1. The van der Waals surface area contributed by atoms with E-state index in [1.54, 1.807) is 14.1 Å². The van der Waals surface area contributed by atoms with Crippen molar-refractivity contribution in [2.45, 2.75) is 45.6 Å². The van der Waals surface area contributed by atoms with Crippen molar-refractivity contribution in [1.29, 1.82) is 0 Å². The van der Waals surface area contributed by atoms with E-state index in [9.17, 15) is 9.59 Å². The lowest BCUT2D eigenvalue weighted by Crippen LogP contribution is -2.46. The van der Waals surface area contributed by atoms with Crippen LogP contribution < -0.4 is 5.32 Å². The van der Waals surface area contributed by atoms with Gasteiger partial charge in [-0.15, -0.1) is 0 Å². The number of nitrogens with one attached hydrogen (secondary N) is 1. The summed E-state index contributed by atoms with van der Waals surface area (Å²) in [5, 5.41) is 3.75. The number of unbranched alkanes of at least 4 members (excludes halogenated alkanes) is 1. The minimum atomic E-state index is -0.392. The van der Waals surface area contributed by atoms with Crippen LogP contribution in [0.3, 0.4) is 0 Å². The zero-order valence-corrected chi connectivity index (χ0v) is 13.4. The molecule has 0 aliphatic heterocycles. The predicted molar refractivity (Wildman–Crippen MR) is 77.7 cm³/mol. The van der Waals surface area contributed by atoms with Gasteiger partial charge in [-0.05, 0) is 25.2 Å². The molecule has 1 unspecified atom stereocenters. The Morgan fingerprint density at radius 2 is 1.83 bits per heavy atom. The molecular formula is C13H25BrN2O2. The summed E-state index contributed by atoms with van der Waals surface area (Å²) in [5.41, 5.74) is 0. The third-order valence-electron chi connectivity index (χ3n) is 2.57. The van der Waals surface area contributed by atoms with E-state index < -0.39 is 6.04 Å². The molecule has 0 aliphatic carbocycles. The van der Waals surface area contributed by atoms with Crippen LogP contribution in [0, 0.1) is 5.92 Å². The first-order chi connectivity index (χ1) is 8.38. The second kappa shape index (κ2) is 9.36. The maximum atomic E-state index is 11.9. The maximum Gasteiger partial charge on any atom is 0.244 e. The fourth-order valence-corrected chi connectivity index (χ4v) is 2.05. The average molecular weight is 321 g/mol. The lowest BCUT2D eigenvalue weighted by molar-refractivity contribution is -0.134. The molecule has 0 saturated carbocycles. The lowest BCUT2D eigenvalue weighted by Gasteiger charge is -2.23. The normalized spacial score (nSPS) is 12.3. The van der Waals surface area contributed by atoms with E-state index in [0.29, 0.717) is 18.8 Å². The fraction of sp³-hybridized carbons (Fsp3) is 0.846. The highest BCUT2D eigenvalue weighted by Crippen LogP contribution is 2.08. The summed E-state index contributed by atoms with van der Waals surface area (Å²) in [5.74, 6) is 0.316. The van der Waals surface area contributed by atoms with E-state index in [2.05, 4.69) is 21.2 Å². The highest BCUT2D eigenvalue weighted by Gasteiger charge is 2.22. The van der Waals surface area contributed by atoms with Gasteiger partial charge in [0.15, 0.2) is 0 Å². The summed E-state index contributed by atoms with van der Waals surface area (Å²) in [6.07, 6.45) is 2.99. The fourth-order valence-electron chi connectivity index (χ4n) is 1.65. The van der Waals surface area contributed by atoms with Crippen LogP contribution in [0.1, 0.15) is 39.5 Å². The van der Waals surface area contributed by atoms with Crippen molar-refractivity contribution >= 4 is 27.7 Å². The Bertz CT molecular complexity index is 268. The van der Waals surface area contributed by atoms with E-state index in [4.69, 9.17) is 0 Å². The van der Waals surface area contributed by atoms with E-state index >= 15 is 0 Å². The molecule has 0 aliphatic rings. The summed E-state index contributed by atoms with van der Waals surface area (Å²) in [6, 6.07) is -0.392. The van der Waals surface area contributed by atoms with Gasteiger partial charge in [0.05, 0.1) is 0 Å². The molecule has 5 heteroatoms. The molecule has 0 aromatic carbocycles. The number of carbonyl (C=O) groups is 2. The van der Waals surface area contributed by atoms with Crippen molar-refractivity contribution in [3.05, 3.63) is 0 Å². The van der Waals surface area contributed by atoms with Crippen LogP contribution in [0.4, 0.5) is 0 Å². The number of halogens is 1. The van der Waals surface area contributed by atoms with Gasteiger partial charge in [0.2, 0.25) is 11.8 Å². The zero-order valence-electron chi connectivity index (χ0n) is 11.8. The van der Waals surface area contributed by atoms with Crippen LogP contribution >= 0.6 is 15.9 Å². The molecule has 18 heavy (non-hydrogen) atoms. The zero-order chi connectivity index (χ0) is 14.1. The second-order valence-corrected chi connectivity index (χ2v) is 5.92. The molecule has 0 rings (SSSR count). The molecule has 0 aromatic heterocycles. The number of hydrogen-bond acceptors (Lipinski definition) is 2. The Morgan fingerprint density at radius 1 is 1.22 bits per heavy atom. The van der Waals surface area contributed by atoms with Crippen molar-refractivity contribution in [3.63, 3.8) is 0 Å². The van der Waals surface area contributed by atoms with Gasteiger partial charge in [-0.25, -0.2) is 0 Å². The largest absolute Gasteiger partial charge is 0.347 e. The Kier molecular flexibility index (Phi) is 9.06. The minimum Gasteiger partial charge on any atom is -0.347 e. The summed E-state index contributed by atoms with van der Waals surface area (Å²) < 4.78 is 0. The van der Waals surface area contributed by atoms with Crippen LogP contribution in [0.2, 0.25) is 0 Å². The Hall–Kier alpha value is -0.580. The van der Waals surface area contributed by atoms with Crippen molar-refractivity contribution in [2.24, 2.45) is 5.92 Å². The quantitative estimate of drug-likeness (QED) is 0.550. The summed E-state index contributed by atoms with van der Waals surface area (Å²) in [7, 11) is 3.43. The molecule has 106 valence electrons. The first-order valence-corrected chi connectivity index (χ1v) is 7.57. The van der Waals surface area contributed by atoms with E-state index in [1.807, 2.05) is 13.8 Å². The first-order valence-electron chi connectivity index (χ1n) is 6.45. The SMILES string of the molecule is CC(C)CC(NC(=O)CCCCBr)C(=O)N(C)C.